The first-order valence-corrected chi connectivity index (χ1v) is 8.06. The molecule has 0 unspecified atom stereocenters. The highest BCUT2D eigenvalue weighted by Crippen LogP contribution is 2.58. The Hall–Kier alpha value is -2.49. The Morgan fingerprint density at radius 2 is 1.42 bits per heavy atom. The van der Waals surface area contributed by atoms with Crippen molar-refractivity contribution >= 4 is 5.91 Å². The lowest BCUT2D eigenvalue weighted by atomic mass is 10.0. The molecule has 0 bridgehead atoms. The molecule has 1 aliphatic rings. The molecular weight excluding hydrogens is 302 g/mol. The summed E-state index contributed by atoms with van der Waals surface area (Å²) >= 11 is 0. The molecule has 126 valence electrons. The van der Waals surface area contributed by atoms with E-state index in [0.717, 1.165) is 11.5 Å². The lowest BCUT2D eigenvalue weighted by Crippen LogP contribution is -2.28. The molecule has 1 amide bonds. The van der Waals surface area contributed by atoms with Crippen LogP contribution in [0.4, 0.5) is 0 Å². The van der Waals surface area contributed by atoms with Gasteiger partial charge in [0.1, 0.15) is 11.5 Å². The highest BCUT2D eigenvalue weighted by Gasteiger charge is 2.59. The Kier molecular flexibility index (Phi) is 4.22. The van der Waals surface area contributed by atoms with Gasteiger partial charge in [0.25, 0.3) is 5.91 Å². The van der Waals surface area contributed by atoms with Gasteiger partial charge in [-0.05, 0) is 47.4 Å². The first-order chi connectivity index (χ1) is 11.5. The van der Waals surface area contributed by atoms with Gasteiger partial charge in [0.2, 0.25) is 0 Å². The summed E-state index contributed by atoms with van der Waals surface area (Å²) in [5.41, 5.74) is 1.91. The van der Waals surface area contributed by atoms with Crippen molar-refractivity contribution in [2.75, 3.05) is 14.2 Å². The molecule has 2 aromatic rings. The first-order valence-electron chi connectivity index (χ1n) is 8.06. The molecule has 4 heteroatoms. The van der Waals surface area contributed by atoms with Crippen LogP contribution in [0.3, 0.4) is 0 Å². The van der Waals surface area contributed by atoms with E-state index in [1.54, 1.807) is 38.5 Å². The zero-order valence-corrected chi connectivity index (χ0v) is 14.5. The van der Waals surface area contributed by atoms with E-state index >= 15 is 0 Å². The van der Waals surface area contributed by atoms with Crippen molar-refractivity contribution < 1.29 is 14.3 Å². The molecule has 1 N–H and O–H groups in total. The van der Waals surface area contributed by atoms with Crippen molar-refractivity contribution in [3.05, 3.63) is 59.7 Å². The number of hydrogen-bond acceptors (Lipinski definition) is 3. The molecular formula is C20H23NO3. The Morgan fingerprint density at radius 3 is 1.92 bits per heavy atom. The number of benzene rings is 2. The van der Waals surface area contributed by atoms with E-state index in [2.05, 4.69) is 31.3 Å². The van der Waals surface area contributed by atoms with Crippen LogP contribution in [0.2, 0.25) is 0 Å². The molecule has 24 heavy (non-hydrogen) atoms. The molecule has 0 radical (unpaired) electrons. The quantitative estimate of drug-likeness (QED) is 0.913. The fourth-order valence-electron chi connectivity index (χ4n) is 3.31. The van der Waals surface area contributed by atoms with Gasteiger partial charge in [0.05, 0.1) is 14.2 Å². The third kappa shape index (κ3) is 2.96. The van der Waals surface area contributed by atoms with Gasteiger partial charge in [-0.15, -0.1) is 0 Å². The maximum absolute atomic E-state index is 12.5. The average molecular weight is 325 g/mol. The summed E-state index contributed by atoms with van der Waals surface area (Å²) in [6, 6.07) is 15.4. The third-order valence-corrected chi connectivity index (χ3v) is 4.94. The molecule has 0 aromatic heterocycles. The Balaban J connectivity index is 1.71. The minimum Gasteiger partial charge on any atom is -0.497 e. The fourth-order valence-corrected chi connectivity index (χ4v) is 3.31. The van der Waals surface area contributed by atoms with Gasteiger partial charge < -0.3 is 14.8 Å². The van der Waals surface area contributed by atoms with Crippen LogP contribution in [0.25, 0.3) is 0 Å². The van der Waals surface area contributed by atoms with E-state index in [-0.39, 0.29) is 17.4 Å². The zero-order chi connectivity index (χ0) is 17.3. The van der Waals surface area contributed by atoms with Crippen molar-refractivity contribution in [3.63, 3.8) is 0 Å². The first kappa shape index (κ1) is 16.4. The summed E-state index contributed by atoms with van der Waals surface area (Å²) in [4.78, 5) is 12.5. The van der Waals surface area contributed by atoms with E-state index in [1.165, 1.54) is 5.56 Å². The average Bonchev–Trinajstić information content (AvgIpc) is 3.15. The highest BCUT2D eigenvalue weighted by molar-refractivity contribution is 5.95. The van der Waals surface area contributed by atoms with Crippen LogP contribution in [0.1, 0.15) is 35.7 Å². The maximum atomic E-state index is 12.5. The van der Waals surface area contributed by atoms with Crippen molar-refractivity contribution in [2.24, 2.45) is 5.41 Å². The number of methoxy groups -OCH3 is 2. The largest absolute Gasteiger partial charge is 0.497 e. The molecule has 0 heterocycles. The van der Waals surface area contributed by atoms with Crippen LogP contribution in [0.15, 0.2) is 48.5 Å². The van der Waals surface area contributed by atoms with Crippen LogP contribution in [-0.4, -0.2) is 26.2 Å². The normalized spacial score (nSPS) is 21.0. The Morgan fingerprint density at radius 1 is 0.917 bits per heavy atom. The summed E-state index contributed by atoms with van der Waals surface area (Å²) in [7, 11) is 3.27. The number of nitrogens with one attached hydrogen (secondary N) is 1. The monoisotopic (exact) mass is 325 g/mol. The second kappa shape index (κ2) is 6.19. The number of ether oxygens (including phenoxy) is 2. The summed E-state index contributed by atoms with van der Waals surface area (Å²) in [6.07, 6.45) is 0. The Labute approximate surface area is 142 Å². The highest BCUT2D eigenvalue weighted by atomic mass is 16.5. The molecule has 1 fully saturated rings. The standard InChI is InChI=1S/C20H23NO3/c1-20(2)17(13-5-9-15(23-3)10-6-13)18(20)21-19(22)14-7-11-16(24-4)12-8-14/h5-12,17-18H,1-4H3,(H,21,22)/t17-,18-/m1/s1. The molecule has 3 rings (SSSR count). The topological polar surface area (TPSA) is 47.6 Å². The van der Waals surface area contributed by atoms with E-state index < -0.39 is 0 Å². The summed E-state index contributed by atoms with van der Waals surface area (Å²) < 4.78 is 10.3. The van der Waals surface area contributed by atoms with Crippen molar-refractivity contribution in [2.45, 2.75) is 25.8 Å². The molecule has 1 saturated carbocycles. The molecule has 0 aliphatic heterocycles. The van der Waals surface area contributed by atoms with Crippen molar-refractivity contribution in [3.8, 4) is 11.5 Å². The lowest BCUT2D eigenvalue weighted by Gasteiger charge is -2.07. The number of carbonyl (C=O) groups is 1. The number of hydrogen-bond donors (Lipinski definition) is 1. The summed E-state index contributed by atoms with van der Waals surface area (Å²) in [5.74, 6) is 1.85. The second-order valence-corrected chi connectivity index (χ2v) is 6.75. The number of amides is 1. The van der Waals surface area contributed by atoms with Gasteiger partial charge >= 0.3 is 0 Å². The minimum absolute atomic E-state index is 0.0384. The Bertz CT molecular complexity index is 720. The van der Waals surface area contributed by atoms with E-state index in [1.807, 2.05) is 12.1 Å². The summed E-state index contributed by atoms with van der Waals surface area (Å²) in [6.45, 7) is 4.36. The van der Waals surface area contributed by atoms with Crippen molar-refractivity contribution in [1.82, 2.24) is 5.32 Å². The molecule has 1 aliphatic carbocycles. The fraction of sp³-hybridized carbons (Fsp3) is 0.350. The summed E-state index contributed by atoms with van der Waals surface area (Å²) in [5, 5.41) is 3.16. The zero-order valence-electron chi connectivity index (χ0n) is 14.5. The second-order valence-electron chi connectivity index (χ2n) is 6.75. The van der Waals surface area contributed by atoms with Crippen LogP contribution in [-0.2, 0) is 0 Å². The van der Waals surface area contributed by atoms with Gasteiger partial charge in [-0.25, -0.2) is 0 Å². The smallest absolute Gasteiger partial charge is 0.251 e. The third-order valence-electron chi connectivity index (χ3n) is 4.94. The number of carbonyl (C=O) groups excluding carboxylic acids is 1. The van der Waals surface area contributed by atoms with Crippen LogP contribution < -0.4 is 14.8 Å². The minimum atomic E-state index is -0.0493. The van der Waals surface area contributed by atoms with Crippen LogP contribution in [0.5, 0.6) is 11.5 Å². The van der Waals surface area contributed by atoms with Crippen LogP contribution in [0, 0.1) is 5.41 Å². The molecule has 0 spiro atoms. The van der Waals surface area contributed by atoms with Crippen molar-refractivity contribution in [1.29, 1.82) is 0 Å². The molecule has 2 aromatic carbocycles. The van der Waals surface area contributed by atoms with E-state index in [4.69, 9.17) is 9.47 Å². The van der Waals surface area contributed by atoms with Gasteiger partial charge in [-0.2, -0.15) is 0 Å². The maximum Gasteiger partial charge on any atom is 0.251 e. The van der Waals surface area contributed by atoms with Gasteiger partial charge in [-0.1, -0.05) is 26.0 Å². The number of rotatable bonds is 5. The lowest BCUT2D eigenvalue weighted by molar-refractivity contribution is 0.0946. The molecule has 4 nitrogen and oxygen atoms in total. The van der Waals surface area contributed by atoms with Crippen LogP contribution >= 0.6 is 0 Å². The van der Waals surface area contributed by atoms with Gasteiger partial charge in [-0.3, -0.25) is 4.79 Å². The predicted molar refractivity (Wildman–Crippen MR) is 93.8 cm³/mol. The van der Waals surface area contributed by atoms with E-state index in [9.17, 15) is 4.79 Å². The predicted octanol–water partition coefficient (Wildman–Crippen LogP) is 3.63. The van der Waals surface area contributed by atoms with E-state index in [0.29, 0.717) is 11.5 Å². The SMILES string of the molecule is COc1ccc(C(=O)N[C@@H]2[C@@H](c3ccc(OC)cc3)C2(C)C)cc1. The molecule has 2 atom stereocenters. The molecule has 0 saturated heterocycles. The van der Waals surface area contributed by atoms with Gasteiger partial charge in [0.15, 0.2) is 0 Å². The van der Waals surface area contributed by atoms with Gasteiger partial charge in [0, 0.05) is 17.5 Å².